The van der Waals surface area contributed by atoms with Crippen molar-refractivity contribution in [3.05, 3.63) is 35.6 Å². The van der Waals surface area contributed by atoms with Gasteiger partial charge in [0, 0.05) is 20.6 Å². The number of urea groups is 1. The zero-order chi connectivity index (χ0) is 11.3. The number of rotatable bonds is 3. The van der Waals surface area contributed by atoms with Gasteiger partial charge < -0.3 is 10.2 Å². The molecule has 0 atom stereocenters. The molecule has 0 bridgehead atoms. The average molecular weight is 210 g/mol. The molecule has 4 heteroatoms. The lowest BCUT2D eigenvalue weighted by atomic mass is 10.1. The summed E-state index contributed by atoms with van der Waals surface area (Å²) in [6, 6.07) is 6.28. The van der Waals surface area contributed by atoms with Crippen molar-refractivity contribution < 1.29 is 9.18 Å². The van der Waals surface area contributed by atoms with Crippen LogP contribution in [0.15, 0.2) is 24.3 Å². The highest BCUT2D eigenvalue weighted by atomic mass is 19.1. The minimum Gasteiger partial charge on any atom is -0.341 e. The normalized spacial score (nSPS) is 9.80. The van der Waals surface area contributed by atoms with Crippen LogP contribution in [0.25, 0.3) is 0 Å². The Balaban J connectivity index is 2.47. The summed E-state index contributed by atoms with van der Waals surface area (Å²) in [7, 11) is 3.29. The lowest BCUT2D eigenvalue weighted by Gasteiger charge is -2.16. The lowest BCUT2D eigenvalue weighted by molar-refractivity contribution is 0.211. The number of hydrogen-bond acceptors (Lipinski definition) is 1. The molecule has 0 fully saturated rings. The van der Waals surface area contributed by atoms with Crippen LogP contribution in [0.5, 0.6) is 0 Å². The van der Waals surface area contributed by atoms with Crippen molar-refractivity contribution in [1.29, 1.82) is 0 Å². The monoisotopic (exact) mass is 210 g/mol. The van der Waals surface area contributed by atoms with Crippen LogP contribution in [0.2, 0.25) is 0 Å². The molecule has 0 aromatic heterocycles. The van der Waals surface area contributed by atoms with Gasteiger partial charge >= 0.3 is 6.03 Å². The summed E-state index contributed by atoms with van der Waals surface area (Å²) < 4.78 is 12.8. The first kappa shape index (κ1) is 11.5. The van der Waals surface area contributed by atoms with Crippen LogP contribution in [-0.2, 0) is 6.42 Å². The molecule has 1 aromatic carbocycles. The van der Waals surface area contributed by atoms with Gasteiger partial charge in [-0.15, -0.1) is 0 Å². The fourth-order valence-electron chi connectivity index (χ4n) is 1.28. The predicted molar refractivity (Wildman–Crippen MR) is 57.2 cm³/mol. The summed E-state index contributed by atoms with van der Waals surface area (Å²) in [6.45, 7) is 0.573. The Morgan fingerprint density at radius 1 is 1.53 bits per heavy atom. The average Bonchev–Trinajstić information content (AvgIpc) is 2.25. The molecule has 0 spiro atoms. The Bertz CT molecular complexity index is 341. The van der Waals surface area contributed by atoms with E-state index in [-0.39, 0.29) is 11.8 Å². The second-order valence-electron chi connectivity index (χ2n) is 3.36. The SMILES string of the molecule is CNC(=O)N(C)CCc1cccc(F)c1. The minimum absolute atomic E-state index is 0.133. The van der Waals surface area contributed by atoms with Crippen molar-refractivity contribution in [3.8, 4) is 0 Å². The Kier molecular flexibility index (Phi) is 4.09. The number of amides is 2. The molecule has 1 rings (SSSR count). The molecule has 0 saturated carbocycles. The molecular weight excluding hydrogens is 195 g/mol. The molecule has 1 aromatic rings. The standard InChI is InChI=1S/C11H15FN2O/c1-13-11(15)14(2)7-6-9-4-3-5-10(12)8-9/h3-5,8H,6-7H2,1-2H3,(H,13,15). The van der Waals surface area contributed by atoms with Gasteiger partial charge in [0.15, 0.2) is 0 Å². The molecule has 0 aliphatic heterocycles. The molecule has 2 amide bonds. The second-order valence-corrected chi connectivity index (χ2v) is 3.36. The number of carbonyl (C=O) groups excluding carboxylic acids is 1. The molecule has 15 heavy (non-hydrogen) atoms. The van der Waals surface area contributed by atoms with Gasteiger partial charge in [-0.2, -0.15) is 0 Å². The molecule has 0 unspecified atom stereocenters. The smallest absolute Gasteiger partial charge is 0.316 e. The van der Waals surface area contributed by atoms with Crippen molar-refractivity contribution in [1.82, 2.24) is 10.2 Å². The topological polar surface area (TPSA) is 32.3 Å². The van der Waals surface area contributed by atoms with Crippen LogP contribution in [0.1, 0.15) is 5.56 Å². The van der Waals surface area contributed by atoms with E-state index in [0.717, 1.165) is 5.56 Å². The number of halogens is 1. The van der Waals surface area contributed by atoms with Gasteiger partial charge in [-0.05, 0) is 24.1 Å². The third-order valence-corrected chi connectivity index (χ3v) is 2.19. The van der Waals surface area contributed by atoms with E-state index < -0.39 is 0 Å². The van der Waals surface area contributed by atoms with Crippen molar-refractivity contribution in [2.45, 2.75) is 6.42 Å². The first-order valence-corrected chi connectivity index (χ1v) is 4.81. The van der Waals surface area contributed by atoms with Crippen LogP contribution in [-0.4, -0.2) is 31.6 Å². The van der Waals surface area contributed by atoms with Crippen LogP contribution in [0, 0.1) is 5.82 Å². The van der Waals surface area contributed by atoms with E-state index in [0.29, 0.717) is 13.0 Å². The first-order valence-electron chi connectivity index (χ1n) is 4.81. The fourth-order valence-corrected chi connectivity index (χ4v) is 1.28. The maximum Gasteiger partial charge on any atom is 0.316 e. The number of likely N-dealkylation sites (N-methyl/N-ethyl adjacent to an activating group) is 1. The number of nitrogens with zero attached hydrogens (tertiary/aromatic N) is 1. The maximum atomic E-state index is 12.8. The van der Waals surface area contributed by atoms with Gasteiger partial charge in [0.1, 0.15) is 5.82 Å². The number of nitrogens with one attached hydrogen (secondary N) is 1. The van der Waals surface area contributed by atoms with E-state index in [1.54, 1.807) is 25.1 Å². The summed E-state index contributed by atoms with van der Waals surface area (Å²) >= 11 is 0. The third-order valence-electron chi connectivity index (χ3n) is 2.19. The van der Waals surface area contributed by atoms with Crippen LogP contribution in [0.3, 0.4) is 0 Å². The van der Waals surface area contributed by atoms with Crippen molar-refractivity contribution >= 4 is 6.03 Å². The highest BCUT2D eigenvalue weighted by Gasteiger charge is 2.05. The van der Waals surface area contributed by atoms with E-state index in [4.69, 9.17) is 0 Å². The highest BCUT2D eigenvalue weighted by Crippen LogP contribution is 2.04. The summed E-state index contributed by atoms with van der Waals surface area (Å²) in [5.41, 5.74) is 0.894. The summed E-state index contributed by atoms with van der Waals surface area (Å²) in [5.74, 6) is -0.241. The van der Waals surface area contributed by atoms with Crippen LogP contribution >= 0.6 is 0 Å². The van der Waals surface area contributed by atoms with Crippen molar-refractivity contribution in [2.24, 2.45) is 0 Å². The van der Waals surface area contributed by atoms with Gasteiger partial charge in [-0.1, -0.05) is 12.1 Å². The van der Waals surface area contributed by atoms with Gasteiger partial charge in [0.2, 0.25) is 0 Å². The minimum atomic E-state index is -0.241. The Labute approximate surface area is 88.9 Å². The number of hydrogen-bond donors (Lipinski definition) is 1. The zero-order valence-electron chi connectivity index (χ0n) is 8.96. The van der Waals surface area contributed by atoms with Gasteiger partial charge in [0.05, 0.1) is 0 Å². The first-order chi connectivity index (χ1) is 7.13. The van der Waals surface area contributed by atoms with E-state index in [9.17, 15) is 9.18 Å². The van der Waals surface area contributed by atoms with E-state index in [1.807, 2.05) is 6.07 Å². The third kappa shape index (κ3) is 3.58. The zero-order valence-corrected chi connectivity index (χ0v) is 8.96. The van der Waals surface area contributed by atoms with Crippen LogP contribution in [0.4, 0.5) is 9.18 Å². The largest absolute Gasteiger partial charge is 0.341 e. The Hall–Kier alpha value is -1.58. The van der Waals surface area contributed by atoms with Crippen molar-refractivity contribution in [2.75, 3.05) is 20.6 Å². The van der Waals surface area contributed by atoms with Crippen LogP contribution < -0.4 is 5.32 Å². The number of benzene rings is 1. The lowest BCUT2D eigenvalue weighted by Crippen LogP contribution is -2.36. The van der Waals surface area contributed by atoms with E-state index in [2.05, 4.69) is 5.32 Å². The highest BCUT2D eigenvalue weighted by molar-refractivity contribution is 5.73. The Morgan fingerprint density at radius 3 is 2.87 bits per heavy atom. The van der Waals surface area contributed by atoms with Gasteiger partial charge in [0.25, 0.3) is 0 Å². The van der Waals surface area contributed by atoms with Crippen molar-refractivity contribution in [3.63, 3.8) is 0 Å². The summed E-state index contributed by atoms with van der Waals surface area (Å²) in [6.07, 6.45) is 0.654. The fraction of sp³-hybridized carbons (Fsp3) is 0.364. The van der Waals surface area contributed by atoms with Gasteiger partial charge in [-0.3, -0.25) is 0 Å². The quantitative estimate of drug-likeness (QED) is 0.808. The summed E-state index contributed by atoms with van der Waals surface area (Å²) in [5, 5.41) is 2.53. The second kappa shape index (κ2) is 5.34. The molecule has 0 aliphatic rings. The van der Waals surface area contributed by atoms with E-state index >= 15 is 0 Å². The van der Waals surface area contributed by atoms with E-state index in [1.165, 1.54) is 12.1 Å². The number of carbonyl (C=O) groups is 1. The molecular formula is C11H15FN2O. The molecule has 0 saturated heterocycles. The molecule has 1 N–H and O–H groups in total. The molecule has 3 nitrogen and oxygen atoms in total. The predicted octanol–water partition coefficient (Wildman–Crippen LogP) is 1.64. The maximum absolute atomic E-state index is 12.8. The molecule has 0 aliphatic carbocycles. The molecule has 0 radical (unpaired) electrons. The molecule has 0 heterocycles. The Morgan fingerprint density at radius 2 is 2.27 bits per heavy atom. The summed E-state index contributed by atoms with van der Waals surface area (Å²) in [4.78, 5) is 12.7. The van der Waals surface area contributed by atoms with Gasteiger partial charge in [-0.25, -0.2) is 9.18 Å². The molecule has 82 valence electrons.